The first-order valence-corrected chi connectivity index (χ1v) is 3.35. The summed E-state index contributed by atoms with van der Waals surface area (Å²) in [4.78, 5) is 0. The fourth-order valence-electron chi connectivity index (χ4n) is 1.27. The molecule has 0 bridgehead atoms. The van der Waals surface area contributed by atoms with Crippen LogP contribution in [0.3, 0.4) is 0 Å². The summed E-state index contributed by atoms with van der Waals surface area (Å²) >= 11 is 0. The minimum atomic E-state index is 0.514. The molecule has 9 heavy (non-hydrogen) atoms. The zero-order valence-corrected chi connectivity index (χ0v) is 5.51. The van der Waals surface area contributed by atoms with Crippen LogP contribution in [0.5, 0.6) is 0 Å². The van der Waals surface area contributed by atoms with E-state index in [4.69, 9.17) is 11.7 Å². The van der Waals surface area contributed by atoms with Gasteiger partial charge in [0, 0.05) is 6.04 Å². The van der Waals surface area contributed by atoms with Crippen LogP contribution in [0.2, 0.25) is 0 Å². The predicted molar refractivity (Wildman–Crippen MR) is 35.6 cm³/mol. The standard InChI is InChI=1S/C5H14N4/c6-9(7)8-5-3-1-2-4-5/h5,8H,1-4,6-7H2. The normalized spacial score (nSPS) is 21.7. The number of hydrazine groups is 3. The van der Waals surface area contributed by atoms with Gasteiger partial charge >= 0.3 is 0 Å². The fourth-order valence-corrected chi connectivity index (χ4v) is 1.27. The lowest BCUT2D eigenvalue weighted by molar-refractivity contribution is 0.163. The summed E-state index contributed by atoms with van der Waals surface area (Å²) in [5.74, 6) is 10.3. The second-order valence-corrected chi connectivity index (χ2v) is 2.52. The number of nitrogens with two attached hydrogens (primary N) is 2. The number of nitrogens with zero attached hydrogens (tertiary/aromatic N) is 1. The maximum atomic E-state index is 5.17. The Labute approximate surface area is 55.1 Å². The first-order valence-electron chi connectivity index (χ1n) is 3.35. The molecule has 0 saturated heterocycles. The average Bonchev–Trinajstić information content (AvgIpc) is 2.15. The van der Waals surface area contributed by atoms with Crippen molar-refractivity contribution in [3.8, 4) is 0 Å². The average molecular weight is 130 g/mol. The van der Waals surface area contributed by atoms with Crippen molar-refractivity contribution in [2.75, 3.05) is 0 Å². The number of hydrogen-bond acceptors (Lipinski definition) is 4. The lowest BCUT2D eigenvalue weighted by atomic mass is 10.3. The molecule has 0 heterocycles. The third kappa shape index (κ3) is 2.28. The number of hydrogen-bond donors (Lipinski definition) is 3. The summed E-state index contributed by atoms with van der Waals surface area (Å²) in [6, 6.07) is 0.514. The highest BCUT2D eigenvalue weighted by molar-refractivity contribution is 4.70. The first kappa shape index (κ1) is 6.95. The topological polar surface area (TPSA) is 67.3 Å². The van der Waals surface area contributed by atoms with Gasteiger partial charge in [-0.15, -0.1) is 5.23 Å². The van der Waals surface area contributed by atoms with Gasteiger partial charge in [-0.2, -0.15) is 0 Å². The molecule has 0 atom stereocenters. The fraction of sp³-hybridized carbons (Fsp3) is 1.00. The second kappa shape index (κ2) is 3.12. The molecule has 4 heteroatoms. The Morgan fingerprint density at radius 3 is 2.22 bits per heavy atom. The molecule has 0 aromatic carbocycles. The first-order chi connectivity index (χ1) is 4.29. The Morgan fingerprint density at radius 1 is 1.22 bits per heavy atom. The SMILES string of the molecule is NN(N)NC1CCCC1. The van der Waals surface area contributed by atoms with Crippen LogP contribution >= 0.6 is 0 Å². The van der Waals surface area contributed by atoms with Gasteiger partial charge in [0.15, 0.2) is 0 Å². The van der Waals surface area contributed by atoms with E-state index in [0.717, 1.165) is 5.23 Å². The maximum absolute atomic E-state index is 5.17. The van der Waals surface area contributed by atoms with Crippen molar-refractivity contribution in [3.05, 3.63) is 0 Å². The molecule has 0 amide bonds. The van der Waals surface area contributed by atoms with Crippen molar-refractivity contribution < 1.29 is 0 Å². The van der Waals surface area contributed by atoms with Crippen molar-refractivity contribution in [1.29, 1.82) is 0 Å². The van der Waals surface area contributed by atoms with Crippen molar-refractivity contribution in [3.63, 3.8) is 0 Å². The molecule has 0 aromatic heterocycles. The molecule has 1 fully saturated rings. The Balaban J connectivity index is 2.11. The summed E-state index contributed by atoms with van der Waals surface area (Å²) in [5, 5.41) is 1.05. The molecule has 0 radical (unpaired) electrons. The van der Waals surface area contributed by atoms with Crippen LogP contribution in [0.1, 0.15) is 25.7 Å². The lowest BCUT2D eigenvalue weighted by Gasteiger charge is -2.16. The van der Waals surface area contributed by atoms with E-state index in [1.54, 1.807) is 0 Å². The molecule has 5 N–H and O–H groups in total. The van der Waals surface area contributed by atoms with Gasteiger partial charge in [-0.1, -0.05) is 12.8 Å². The molecular formula is C5H14N4. The predicted octanol–water partition coefficient (Wildman–Crippen LogP) is -0.517. The smallest absolute Gasteiger partial charge is 0.0242 e. The highest BCUT2D eigenvalue weighted by atomic mass is 15.8. The van der Waals surface area contributed by atoms with E-state index in [1.807, 2.05) is 0 Å². The molecule has 54 valence electrons. The summed E-state index contributed by atoms with van der Waals surface area (Å²) in [7, 11) is 0. The minimum Gasteiger partial charge on any atom is -0.241 e. The van der Waals surface area contributed by atoms with E-state index in [9.17, 15) is 0 Å². The van der Waals surface area contributed by atoms with Gasteiger partial charge in [-0.25, -0.2) is 17.1 Å². The zero-order valence-electron chi connectivity index (χ0n) is 5.51. The van der Waals surface area contributed by atoms with E-state index in [-0.39, 0.29) is 0 Å². The van der Waals surface area contributed by atoms with E-state index in [1.165, 1.54) is 25.7 Å². The Kier molecular flexibility index (Phi) is 2.41. The molecule has 0 spiro atoms. The summed E-state index contributed by atoms with van der Waals surface area (Å²) in [6.45, 7) is 0. The second-order valence-electron chi connectivity index (χ2n) is 2.52. The van der Waals surface area contributed by atoms with Gasteiger partial charge in [0.25, 0.3) is 0 Å². The summed E-state index contributed by atoms with van der Waals surface area (Å²) in [5.41, 5.74) is 2.93. The third-order valence-electron chi connectivity index (χ3n) is 1.69. The maximum Gasteiger partial charge on any atom is 0.0242 e. The summed E-state index contributed by atoms with van der Waals surface area (Å²) < 4.78 is 0. The Morgan fingerprint density at radius 2 is 1.78 bits per heavy atom. The number of rotatable bonds is 2. The minimum absolute atomic E-state index is 0.514. The highest BCUT2D eigenvalue weighted by Crippen LogP contribution is 2.16. The zero-order chi connectivity index (χ0) is 6.69. The van der Waals surface area contributed by atoms with Crippen LogP contribution in [-0.2, 0) is 0 Å². The highest BCUT2D eigenvalue weighted by Gasteiger charge is 2.14. The largest absolute Gasteiger partial charge is 0.241 e. The van der Waals surface area contributed by atoms with Gasteiger partial charge in [0.05, 0.1) is 0 Å². The molecule has 0 aromatic rings. The van der Waals surface area contributed by atoms with E-state index in [2.05, 4.69) is 5.43 Å². The molecule has 1 aliphatic carbocycles. The quantitative estimate of drug-likeness (QED) is 0.347. The van der Waals surface area contributed by atoms with Gasteiger partial charge in [-0.3, -0.25) is 0 Å². The Hall–Kier alpha value is -0.160. The number of nitrogens with one attached hydrogen (secondary N) is 1. The lowest BCUT2D eigenvalue weighted by Crippen LogP contribution is -2.52. The molecule has 1 rings (SSSR count). The van der Waals surface area contributed by atoms with E-state index >= 15 is 0 Å². The Bertz CT molecular complexity index is 77.0. The monoisotopic (exact) mass is 130 g/mol. The molecule has 1 aliphatic rings. The molecule has 0 aliphatic heterocycles. The summed E-state index contributed by atoms with van der Waals surface area (Å²) in [6.07, 6.45) is 4.99. The van der Waals surface area contributed by atoms with Crippen LogP contribution in [0.4, 0.5) is 0 Å². The van der Waals surface area contributed by atoms with E-state index in [0.29, 0.717) is 6.04 Å². The van der Waals surface area contributed by atoms with Crippen molar-refractivity contribution in [2.24, 2.45) is 11.7 Å². The van der Waals surface area contributed by atoms with Gasteiger partial charge in [-0.05, 0) is 12.8 Å². The molecule has 4 nitrogen and oxygen atoms in total. The van der Waals surface area contributed by atoms with Crippen LogP contribution < -0.4 is 17.1 Å². The van der Waals surface area contributed by atoms with Gasteiger partial charge < -0.3 is 0 Å². The van der Waals surface area contributed by atoms with Crippen molar-refractivity contribution in [2.45, 2.75) is 31.7 Å². The third-order valence-corrected chi connectivity index (χ3v) is 1.69. The van der Waals surface area contributed by atoms with Crippen molar-refractivity contribution >= 4 is 0 Å². The molecule has 0 unspecified atom stereocenters. The van der Waals surface area contributed by atoms with Crippen LogP contribution in [0, 0.1) is 0 Å². The van der Waals surface area contributed by atoms with Crippen LogP contribution in [-0.4, -0.2) is 11.3 Å². The van der Waals surface area contributed by atoms with Gasteiger partial charge in [0.1, 0.15) is 0 Å². The molecule has 1 saturated carbocycles. The molecular weight excluding hydrogens is 116 g/mol. The van der Waals surface area contributed by atoms with Gasteiger partial charge in [0.2, 0.25) is 0 Å². The van der Waals surface area contributed by atoms with Crippen LogP contribution in [0.25, 0.3) is 0 Å². The van der Waals surface area contributed by atoms with E-state index < -0.39 is 0 Å². The van der Waals surface area contributed by atoms with Crippen LogP contribution in [0.15, 0.2) is 0 Å². The van der Waals surface area contributed by atoms with Crippen molar-refractivity contribution in [1.82, 2.24) is 10.7 Å².